The number of fused-ring (bicyclic) bond motifs is 1. The van der Waals surface area contributed by atoms with Gasteiger partial charge in [-0.15, -0.1) is 0 Å². The second kappa shape index (κ2) is 7.75. The van der Waals surface area contributed by atoms with Gasteiger partial charge in [0.25, 0.3) is 11.5 Å². The smallest absolute Gasteiger partial charge is 0.273 e. The van der Waals surface area contributed by atoms with Crippen LogP contribution in [0, 0.1) is 11.7 Å². The predicted octanol–water partition coefficient (Wildman–Crippen LogP) is 3.17. The fourth-order valence-corrected chi connectivity index (χ4v) is 3.50. The van der Waals surface area contributed by atoms with Crippen LogP contribution in [0.1, 0.15) is 43.6 Å². The van der Waals surface area contributed by atoms with E-state index >= 15 is 0 Å². The van der Waals surface area contributed by atoms with Crippen molar-refractivity contribution in [3.8, 4) is 0 Å². The van der Waals surface area contributed by atoms with Gasteiger partial charge in [-0.3, -0.25) is 9.78 Å². The van der Waals surface area contributed by atoms with Crippen LogP contribution in [0.15, 0.2) is 23.0 Å². The van der Waals surface area contributed by atoms with Crippen LogP contribution < -0.4 is 10.5 Å². The van der Waals surface area contributed by atoms with Gasteiger partial charge in [-0.2, -0.15) is 10.1 Å². The minimum Gasteiger partial charge on any atom is -0.390 e. The van der Waals surface area contributed by atoms with Gasteiger partial charge < -0.3 is 10.0 Å². The molecule has 3 aromatic rings. The summed E-state index contributed by atoms with van der Waals surface area (Å²) in [5, 5.41) is 14.2. The Morgan fingerprint density at radius 3 is 2.47 bits per heavy atom. The highest BCUT2D eigenvalue weighted by atomic mass is 19.3. The van der Waals surface area contributed by atoms with Gasteiger partial charge in [0.1, 0.15) is 16.9 Å². The molecular weight excluding hydrogens is 399 g/mol. The van der Waals surface area contributed by atoms with Gasteiger partial charge in [-0.05, 0) is 23.6 Å². The van der Waals surface area contributed by atoms with Crippen LogP contribution in [0.4, 0.5) is 19.1 Å². The van der Waals surface area contributed by atoms with Gasteiger partial charge in [0.2, 0.25) is 5.95 Å². The van der Waals surface area contributed by atoms with Crippen LogP contribution in [-0.4, -0.2) is 39.0 Å². The van der Waals surface area contributed by atoms with Crippen LogP contribution in [0.2, 0.25) is 0 Å². The first kappa shape index (κ1) is 21.8. The van der Waals surface area contributed by atoms with Crippen LogP contribution in [0.3, 0.4) is 0 Å². The molecule has 2 aromatic heterocycles. The maximum Gasteiger partial charge on any atom is 0.273 e. The van der Waals surface area contributed by atoms with E-state index < -0.39 is 35.5 Å². The lowest BCUT2D eigenvalue weighted by Gasteiger charge is -2.24. The molecule has 0 saturated heterocycles. The largest absolute Gasteiger partial charge is 0.390 e. The summed E-state index contributed by atoms with van der Waals surface area (Å²) in [5.41, 5.74) is -0.409. The normalized spacial score (nSPS) is 13.3. The summed E-state index contributed by atoms with van der Waals surface area (Å²) in [7, 11) is 3.41. The predicted molar refractivity (Wildman–Crippen MR) is 107 cm³/mol. The van der Waals surface area contributed by atoms with Crippen molar-refractivity contribution in [2.75, 3.05) is 19.0 Å². The van der Waals surface area contributed by atoms with Crippen molar-refractivity contribution in [3.63, 3.8) is 0 Å². The molecule has 0 radical (unpaired) electrons. The number of nitrogens with one attached hydrogen (secondary N) is 1. The van der Waals surface area contributed by atoms with Crippen molar-refractivity contribution < 1.29 is 18.3 Å². The average Bonchev–Trinajstić information content (AvgIpc) is 2.99. The molecule has 0 aliphatic rings. The number of alkyl halides is 2. The number of benzene rings is 1. The van der Waals surface area contributed by atoms with Crippen LogP contribution >= 0.6 is 0 Å². The van der Waals surface area contributed by atoms with E-state index in [4.69, 9.17) is 0 Å². The number of hydrogen-bond acceptors (Lipinski definition) is 5. The Balaban J connectivity index is 2.27. The molecule has 30 heavy (non-hydrogen) atoms. The molecule has 0 unspecified atom stereocenters. The summed E-state index contributed by atoms with van der Waals surface area (Å²) in [5.74, 6) is -4.21. The van der Waals surface area contributed by atoms with Gasteiger partial charge in [0.05, 0.1) is 18.2 Å². The molecule has 3 rings (SSSR count). The maximum atomic E-state index is 14.5. The quantitative estimate of drug-likeness (QED) is 0.636. The van der Waals surface area contributed by atoms with Crippen LogP contribution in [0.5, 0.6) is 0 Å². The summed E-state index contributed by atoms with van der Waals surface area (Å²) in [6, 6.07) is 2.94. The molecule has 0 bridgehead atoms. The second-order valence-electron chi connectivity index (χ2n) is 7.85. The number of H-pyrrole nitrogens is 1. The van der Waals surface area contributed by atoms with E-state index in [2.05, 4.69) is 15.1 Å². The Hall–Kier alpha value is -2.88. The monoisotopic (exact) mass is 423 g/mol. The van der Waals surface area contributed by atoms with E-state index in [9.17, 15) is 23.1 Å². The van der Waals surface area contributed by atoms with Crippen LogP contribution in [0.25, 0.3) is 11.0 Å². The van der Waals surface area contributed by atoms with E-state index in [0.29, 0.717) is 12.5 Å². The number of aliphatic hydroxyl groups excluding tert-OH is 1. The summed E-state index contributed by atoms with van der Waals surface area (Å²) >= 11 is 0. The Morgan fingerprint density at radius 1 is 1.30 bits per heavy atom. The highest BCUT2D eigenvalue weighted by Gasteiger charge is 2.31. The van der Waals surface area contributed by atoms with Crippen LogP contribution in [-0.2, 0) is 12.5 Å². The van der Waals surface area contributed by atoms with E-state index in [-0.39, 0.29) is 28.6 Å². The number of aromatic amines is 1. The minimum absolute atomic E-state index is 0.130. The van der Waals surface area contributed by atoms with Gasteiger partial charge >= 0.3 is 0 Å². The molecule has 2 heterocycles. The van der Waals surface area contributed by atoms with E-state index in [1.54, 1.807) is 19.0 Å². The number of hydrogen-bond donors (Lipinski definition) is 2. The lowest BCUT2D eigenvalue weighted by molar-refractivity contribution is 0.0137. The molecule has 2 N–H and O–H groups in total. The third-order valence-corrected chi connectivity index (χ3v) is 4.90. The summed E-state index contributed by atoms with van der Waals surface area (Å²) in [6.07, 6.45) is 0. The first-order chi connectivity index (χ1) is 14.0. The zero-order valence-corrected chi connectivity index (χ0v) is 17.4. The zero-order valence-electron chi connectivity index (χ0n) is 17.4. The van der Waals surface area contributed by atoms with Crippen molar-refractivity contribution in [1.82, 2.24) is 19.7 Å². The highest BCUT2D eigenvalue weighted by molar-refractivity contribution is 5.78. The molecule has 10 heteroatoms. The van der Waals surface area contributed by atoms with E-state index in [1.165, 1.54) is 10.7 Å². The molecule has 162 valence electrons. The Bertz CT molecular complexity index is 1130. The van der Waals surface area contributed by atoms with Crippen molar-refractivity contribution in [2.45, 2.75) is 39.3 Å². The lowest BCUT2D eigenvalue weighted by atomic mass is 9.94. The average molecular weight is 423 g/mol. The minimum atomic E-state index is -3.31. The first-order valence-corrected chi connectivity index (χ1v) is 9.43. The number of aliphatic hydroxyl groups is 1. The van der Waals surface area contributed by atoms with E-state index in [0.717, 1.165) is 12.1 Å². The van der Waals surface area contributed by atoms with Gasteiger partial charge in [0.15, 0.2) is 5.65 Å². The highest BCUT2D eigenvalue weighted by Crippen LogP contribution is 2.34. The Labute approximate surface area is 171 Å². The maximum absolute atomic E-state index is 14.5. The SMILES string of the molecule is CC(C)[C@@H](c1ccc(C(C)(F)F)c(F)c1)n1nc(CO)c2c(=O)[nH]c(N(C)C)nc21. The molecule has 7 nitrogen and oxygen atoms in total. The molecule has 0 aliphatic carbocycles. The summed E-state index contributed by atoms with van der Waals surface area (Å²) in [6.45, 7) is 3.86. The van der Waals surface area contributed by atoms with Crippen molar-refractivity contribution in [3.05, 3.63) is 51.2 Å². The van der Waals surface area contributed by atoms with Gasteiger partial charge in [0, 0.05) is 21.0 Å². The molecule has 0 saturated carbocycles. The van der Waals surface area contributed by atoms with E-state index in [1.807, 2.05) is 13.8 Å². The van der Waals surface area contributed by atoms with Crippen molar-refractivity contribution >= 4 is 17.0 Å². The molecule has 0 amide bonds. The van der Waals surface area contributed by atoms with Crippen molar-refractivity contribution in [1.29, 1.82) is 0 Å². The Kier molecular flexibility index (Phi) is 5.64. The molecule has 0 aliphatic heterocycles. The molecule has 0 spiro atoms. The number of anilines is 1. The Morgan fingerprint density at radius 2 is 1.97 bits per heavy atom. The number of rotatable bonds is 6. The number of aromatic nitrogens is 4. The lowest BCUT2D eigenvalue weighted by Crippen LogP contribution is -2.22. The fraction of sp³-hybridized carbons (Fsp3) is 0.450. The third kappa shape index (κ3) is 3.79. The number of nitrogens with zero attached hydrogens (tertiary/aromatic N) is 4. The van der Waals surface area contributed by atoms with Gasteiger partial charge in [-0.1, -0.05) is 19.9 Å². The summed E-state index contributed by atoms with van der Waals surface area (Å²) < 4.78 is 43.2. The molecule has 1 aromatic carbocycles. The first-order valence-electron chi connectivity index (χ1n) is 9.43. The van der Waals surface area contributed by atoms with Gasteiger partial charge in [-0.25, -0.2) is 17.9 Å². The summed E-state index contributed by atoms with van der Waals surface area (Å²) in [4.78, 5) is 21.3. The number of halogens is 3. The standard InChI is InChI=1S/C20H24F3N5O2/c1-10(2)16(11-6-7-12(13(21)8-11)20(3,22)23)28-17-15(14(9-29)26-28)18(30)25-19(24-17)27(4)5/h6-8,10,16,29H,9H2,1-5H3,(H,24,25,30)/t16-/m0/s1. The fourth-order valence-electron chi connectivity index (χ4n) is 3.50. The van der Waals surface area contributed by atoms with Crippen molar-refractivity contribution in [2.24, 2.45) is 5.92 Å². The topological polar surface area (TPSA) is 87.0 Å². The molecule has 0 fully saturated rings. The zero-order chi connectivity index (χ0) is 22.4. The third-order valence-electron chi connectivity index (χ3n) is 4.90. The molecular formula is C20H24F3N5O2. The second-order valence-corrected chi connectivity index (χ2v) is 7.85. The molecule has 1 atom stereocenters.